The fraction of sp³-hybridized carbons (Fsp3) is 0.357. The summed E-state index contributed by atoms with van der Waals surface area (Å²) in [7, 11) is 1.81. The van der Waals surface area contributed by atoms with Gasteiger partial charge in [-0.25, -0.2) is 9.78 Å². The number of fused-ring (bicyclic) bond motifs is 1. The predicted octanol–water partition coefficient (Wildman–Crippen LogP) is 2.11. The number of hydrogen-bond donors (Lipinski definition) is 2. The van der Waals surface area contributed by atoms with Gasteiger partial charge in [0.2, 0.25) is 0 Å². The largest absolute Gasteiger partial charge is 0.478 e. The lowest BCUT2D eigenvalue weighted by Crippen LogP contribution is -2.18. The molecule has 2 heterocycles. The maximum atomic E-state index is 11.4. The number of anilines is 1. The van der Waals surface area contributed by atoms with Crippen molar-refractivity contribution in [1.29, 1.82) is 0 Å². The Kier molecular flexibility index (Phi) is 2.93. The van der Waals surface area contributed by atoms with Crippen LogP contribution in [0, 0.1) is 6.92 Å². The van der Waals surface area contributed by atoms with E-state index in [-0.39, 0.29) is 11.6 Å². The molecule has 0 aromatic carbocycles. The number of carbonyl (C=O) groups is 1. The minimum atomic E-state index is -0.976. The molecule has 2 aromatic rings. The van der Waals surface area contributed by atoms with E-state index in [9.17, 15) is 9.90 Å². The molecule has 2 N–H and O–H groups in total. The van der Waals surface area contributed by atoms with Crippen molar-refractivity contribution < 1.29 is 9.90 Å². The second-order valence-corrected chi connectivity index (χ2v) is 5.04. The van der Waals surface area contributed by atoms with Gasteiger partial charge in [0.05, 0.1) is 16.8 Å². The Morgan fingerprint density at radius 2 is 2.15 bits per heavy atom. The van der Waals surface area contributed by atoms with Crippen LogP contribution in [0.2, 0.25) is 0 Å². The number of hydrogen-bond acceptors (Lipinski definition) is 4. The summed E-state index contributed by atoms with van der Waals surface area (Å²) in [6.07, 6.45) is 7.42. The number of aryl methyl sites for hydroxylation is 2. The van der Waals surface area contributed by atoms with E-state index in [1.807, 2.05) is 14.0 Å². The van der Waals surface area contributed by atoms with Crippen LogP contribution in [0.1, 0.15) is 28.9 Å². The second kappa shape index (κ2) is 4.63. The third kappa shape index (κ3) is 1.93. The number of carboxylic acids is 1. The third-order valence-corrected chi connectivity index (χ3v) is 3.61. The molecule has 6 heteroatoms. The molecule has 0 bridgehead atoms. The SMILES string of the molecule is Cc1nn(C)c2ncc(C(=O)O)c(NC3CC=CC3)c12. The molecule has 0 aliphatic heterocycles. The van der Waals surface area contributed by atoms with Gasteiger partial charge in [0, 0.05) is 19.3 Å². The molecule has 1 aliphatic rings. The number of aromatic nitrogens is 3. The van der Waals surface area contributed by atoms with E-state index in [0.29, 0.717) is 11.3 Å². The van der Waals surface area contributed by atoms with Crippen molar-refractivity contribution in [3.63, 3.8) is 0 Å². The third-order valence-electron chi connectivity index (χ3n) is 3.61. The molecule has 0 radical (unpaired) electrons. The molecule has 2 aromatic heterocycles. The molecule has 0 fully saturated rings. The number of carboxylic acid groups (broad SMARTS) is 1. The van der Waals surface area contributed by atoms with E-state index >= 15 is 0 Å². The monoisotopic (exact) mass is 272 g/mol. The van der Waals surface area contributed by atoms with Crippen LogP contribution in [0.4, 0.5) is 5.69 Å². The van der Waals surface area contributed by atoms with E-state index < -0.39 is 5.97 Å². The Bertz CT molecular complexity index is 710. The Labute approximate surface area is 116 Å². The Morgan fingerprint density at radius 1 is 1.45 bits per heavy atom. The molecule has 3 rings (SSSR count). The van der Waals surface area contributed by atoms with Crippen molar-refractivity contribution in [2.24, 2.45) is 7.05 Å². The molecule has 104 valence electrons. The van der Waals surface area contributed by atoms with Gasteiger partial charge in [-0.3, -0.25) is 4.68 Å². The average molecular weight is 272 g/mol. The Hall–Kier alpha value is -2.37. The fourth-order valence-electron chi connectivity index (χ4n) is 2.66. The van der Waals surface area contributed by atoms with Crippen molar-refractivity contribution in [1.82, 2.24) is 14.8 Å². The minimum absolute atomic E-state index is 0.195. The van der Waals surface area contributed by atoms with E-state index in [2.05, 4.69) is 27.6 Å². The minimum Gasteiger partial charge on any atom is -0.478 e. The molecule has 0 amide bonds. The van der Waals surface area contributed by atoms with Gasteiger partial charge in [0.1, 0.15) is 5.56 Å². The van der Waals surface area contributed by atoms with Crippen molar-refractivity contribution in [3.05, 3.63) is 29.6 Å². The lowest BCUT2D eigenvalue weighted by atomic mass is 10.1. The van der Waals surface area contributed by atoms with E-state index in [1.165, 1.54) is 6.20 Å². The van der Waals surface area contributed by atoms with Gasteiger partial charge in [-0.2, -0.15) is 5.10 Å². The zero-order chi connectivity index (χ0) is 14.3. The lowest BCUT2D eigenvalue weighted by molar-refractivity contribution is 0.0697. The highest BCUT2D eigenvalue weighted by molar-refractivity contribution is 6.04. The number of aromatic carboxylic acids is 1. The summed E-state index contributed by atoms with van der Waals surface area (Å²) in [5, 5.41) is 17.8. The maximum Gasteiger partial charge on any atom is 0.339 e. The molecular formula is C14H16N4O2. The molecule has 20 heavy (non-hydrogen) atoms. The molecule has 0 unspecified atom stereocenters. The number of rotatable bonds is 3. The first-order valence-corrected chi connectivity index (χ1v) is 6.55. The molecule has 6 nitrogen and oxygen atoms in total. The van der Waals surface area contributed by atoms with Crippen LogP contribution in [-0.4, -0.2) is 31.9 Å². The zero-order valence-electron chi connectivity index (χ0n) is 11.4. The first-order valence-electron chi connectivity index (χ1n) is 6.55. The molecule has 0 spiro atoms. The van der Waals surface area contributed by atoms with Crippen LogP contribution in [0.5, 0.6) is 0 Å². The van der Waals surface area contributed by atoms with Crippen LogP contribution in [0.3, 0.4) is 0 Å². The summed E-state index contributed by atoms with van der Waals surface area (Å²) in [5.74, 6) is -0.976. The number of nitrogens with zero attached hydrogens (tertiary/aromatic N) is 3. The van der Waals surface area contributed by atoms with Gasteiger partial charge < -0.3 is 10.4 Å². The molecule has 0 saturated heterocycles. The molecule has 1 aliphatic carbocycles. The van der Waals surface area contributed by atoms with Gasteiger partial charge in [0.15, 0.2) is 5.65 Å². The van der Waals surface area contributed by atoms with Gasteiger partial charge in [-0.15, -0.1) is 0 Å². The van der Waals surface area contributed by atoms with Gasteiger partial charge in [-0.05, 0) is 19.8 Å². The van der Waals surface area contributed by atoms with Crippen molar-refractivity contribution in [2.75, 3.05) is 5.32 Å². The van der Waals surface area contributed by atoms with E-state index in [1.54, 1.807) is 4.68 Å². The zero-order valence-corrected chi connectivity index (χ0v) is 11.4. The molecule has 0 saturated carbocycles. The standard InChI is InChI=1S/C14H16N4O2/c1-8-11-12(16-9-5-3-4-6-9)10(14(19)20)7-15-13(11)18(2)17-8/h3-4,7,9H,5-6H2,1-2H3,(H,15,16)(H,19,20). The van der Waals surface area contributed by atoms with Crippen molar-refractivity contribution in [2.45, 2.75) is 25.8 Å². The smallest absolute Gasteiger partial charge is 0.339 e. The van der Waals surface area contributed by atoms with Gasteiger partial charge in [0.25, 0.3) is 0 Å². The van der Waals surface area contributed by atoms with Crippen molar-refractivity contribution >= 4 is 22.7 Å². The summed E-state index contributed by atoms with van der Waals surface area (Å²) in [4.78, 5) is 15.7. The highest BCUT2D eigenvalue weighted by Crippen LogP contribution is 2.30. The van der Waals surface area contributed by atoms with Crippen molar-refractivity contribution in [3.8, 4) is 0 Å². The van der Waals surface area contributed by atoms with Crippen LogP contribution < -0.4 is 5.32 Å². The normalized spacial score (nSPS) is 15.1. The summed E-state index contributed by atoms with van der Waals surface area (Å²) in [6.45, 7) is 1.87. The number of nitrogens with one attached hydrogen (secondary N) is 1. The summed E-state index contributed by atoms with van der Waals surface area (Å²) < 4.78 is 1.67. The first kappa shape index (κ1) is 12.7. The van der Waals surface area contributed by atoms with E-state index in [4.69, 9.17) is 0 Å². The lowest BCUT2D eigenvalue weighted by Gasteiger charge is -2.16. The van der Waals surface area contributed by atoms with Crippen LogP contribution >= 0.6 is 0 Å². The first-order chi connectivity index (χ1) is 9.58. The van der Waals surface area contributed by atoms with Gasteiger partial charge >= 0.3 is 5.97 Å². The number of pyridine rings is 1. The Balaban J connectivity index is 2.17. The maximum absolute atomic E-state index is 11.4. The van der Waals surface area contributed by atoms with Crippen LogP contribution in [0.25, 0.3) is 11.0 Å². The summed E-state index contributed by atoms with van der Waals surface area (Å²) >= 11 is 0. The highest BCUT2D eigenvalue weighted by Gasteiger charge is 2.21. The summed E-state index contributed by atoms with van der Waals surface area (Å²) in [5.41, 5.74) is 2.30. The van der Waals surface area contributed by atoms with Crippen LogP contribution in [-0.2, 0) is 7.05 Å². The second-order valence-electron chi connectivity index (χ2n) is 5.04. The highest BCUT2D eigenvalue weighted by atomic mass is 16.4. The molecular weight excluding hydrogens is 256 g/mol. The predicted molar refractivity (Wildman–Crippen MR) is 76.0 cm³/mol. The topological polar surface area (TPSA) is 80.0 Å². The molecule has 0 atom stereocenters. The van der Waals surface area contributed by atoms with E-state index in [0.717, 1.165) is 23.9 Å². The van der Waals surface area contributed by atoms with Gasteiger partial charge in [-0.1, -0.05) is 12.2 Å². The Morgan fingerprint density at radius 3 is 2.80 bits per heavy atom. The summed E-state index contributed by atoms with van der Waals surface area (Å²) in [6, 6.07) is 0.235. The van der Waals surface area contributed by atoms with Crippen LogP contribution in [0.15, 0.2) is 18.3 Å². The fourth-order valence-corrected chi connectivity index (χ4v) is 2.66. The average Bonchev–Trinajstić information content (AvgIpc) is 2.99. The quantitative estimate of drug-likeness (QED) is 0.836.